The molecule has 6 nitrogen and oxygen atoms in total. The number of hydrogen-bond donors (Lipinski definition) is 1. The fraction of sp³-hybridized carbons (Fsp3) is 0.529. The van der Waals surface area contributed by atoms with E-state index in [1.165, 1.54) is 0 Å². The fourth-order valence-corrected chi connectivity index (χ4v) is 3.26. The van der Waals surface area contributed by atoms with E-state index in [1.807, 2.05) is 44.2 Å². The van der Waals surface area contributed by atoms with Gasteiger partial charge in [-0.2, -0.15) is 0 Å². The number of morpholine rings is 1. The fourth-order valence-electron chi connectivity index (χ4n) is 3.26. The molecule has 2 aliphatic heterocycles. The Balaban J connectivity index is 1.60. The van der Waals surface area contributed by atoms with Crippen LogP contribution in [0.3, 0.4) is 0 Å². The molecule has 2 aliphatic rings. The maximum Gasteiger partial charge on any atom is 0.318 e. The van der Waals surface area contributed by atoms with Gasteiger partial charge in [-0.3, -0.25) is 4.79 Å². The van der Waals surface area contributed by atoms with Crippen LogP contribution >= 0.6 is 0 Å². The van der Waals surface area contributed by atoms with E-state index >= 15 is 0 Å². The minimum atomic E-state index is -0.448. The van der Waals surface area contributed by atoms with Gasteiger partial charge in [0.25, 0.3) is 0 Å². The van der Waals surface area contributed by atoms with Crippen molar-refractivity contribution in [2.75, 3.05) is 24.5 Å². The Morgan fingerprint density at radius 1 is 1.17 bits per heavy atom. The first kappa shape index (κ1) is 15.8. The summed E-state index contributed by atoms with van der Waals surface area (Å²) < 4.78 is 5.64. The van der Waals surface area contributed by atoms with Gasteiger partial charge in [0.05, 0.1) is 12.2 Å². The predicted octanol–water partition coefficient (Wildman–Crippen LogP) is 1.61. The van der Waals surface area contributed by atoms with E-state index in [2.05, 4.69) is 5.32 Å². The normalized spacial score (nSPS) is 28.1. The molecule has 0 bridgehead atoms. The van der Waals surface area contributed by atoms with Gasteiger partial charge in [-0.15, -0.1) is 0 Å². The number of rotatable bonds is 2. The van der Waals surface area contributed by atoms with Gasteiger partial charge >= 0.3 is 6.03 Å². The molecule has 2 fully saturated rings. The molecule has 124 valence electrons. The van der Waals surface area contributed by atoms with Gasteiger partial charge < -0.3 is 19.9 Å². The van der Waals surface area contributed by atoms with Crippen molar-refractivity contribution in [3.63, 3.8) is 0 Å². The molecule has 0 saturated carbocycles. The second-order valence-corrected chi connectivity index (χ2v) is 6.28. The molecule has 23 heavy (non-hydrogen) atoms. The lowest BCUT2D eigenvalue weighted by atomic mass is 10.2. The number of ether oxygens (including phenoxy) is 1. The molecule has 1 aromatic rings. The second-order valence-electron chi connectivity index (χ2n) is 6.28. The van der Waals surface area contributed by atoms with Crippen LogP contribution in [0.1, 0.15) is 20.3 Å². The molecule has 0 unspecified atom stereocenters. The van der Waals surface area contributed by atoms with E-state index in [9.17, 15) is 9.59 Å². The number of carbonyl (C=O) groups is 2. The van der Waals surface area contributed by atoms with Crippen LogP contribution in [0.2, 0.25) is 0 Å². The molecule has 3 rings (SSSR count). The highest BCUT2D eigenvalue weighted by Gasteiger charge is 2.35. The van der Waals surface area contributed by atoms with Crippen molar-refractivity contribution < 1.29 is 14.3 Å². The maximum absolute atomic E-state index is 12.5. The largest absolute Gasteiger partial charge is 0.372 e. The summed E-state index contributed by atoms with van der Waals surface area (Å²) in [6.45, 7) is 5.64. The lowest BCUT2D eigenvalue weighted by Crippen LogP contribution is -2.54. The summed E-state index contributed by atoms with van der Waals surface area (Å²) in [6.07, 6.45) is 0.670. The Morgan fingerprint density at radius 3 is 2.48 bits per heavy atom. The van der Waals surface area contributed by atoms with E-state index in [0.29, 0.717) is 26.1 Å². The van der Waals surface area contributed by atoms with Crippen LogP contribution in [-0.4, -0.2) is 54.7 Å². The van der Waals surface area contributed by atoms with E-state index in [0.717, 1.165) is 5.69 Å². The predicted molar refractivity (Wildman–Crippen MR) is 87.3 cm³/mol. The first-order valence-corrected chi connectivity index (χ1v) is 8.12. The second kappa shape index (κ2) is 6.58. The highest BCUT2D eigenvalue weighted by Crippen LogP contribution is 2.21. The number of benzene rings is 1. The van der Waals surface area contributed by atoms with Crippen LogP contribution < -0.4 is 10.2 Å². The summed E-state index contributed by atoms with van der Waals surface area (Å²) >= 11 is 0. The average molecular weight is 317 g/mol. The first-order valence-electron chi connectivity index (χ1n) is 8.12. The van der Waals surface area contributed by atoms with Crippen LogP contribution in [-0.2, 0) is 9.53 Å². The van der Waals surface area contributed by atoms with E-state index in [-0.39, 0.29) is 24.1 Å². The molecule has 2 saturated heterocycles. The van der Waals surface area contributed by atoms with Crippen molar-refractivity contribution in [1.29, 1.82) is 0 Å². The highest BCUT2D eigenvalue weighted by molar-refractivity contribution is 6.01. The van der Waals surface area contributed by atoms with Gasteiger partial charge in [-0.05, 0) is 32.4 Å². The van der Waals surface area contributed by atoms with Crippen LogP contribution in [0.5, 0.6) is 0 Å². The molecular formula is C17H23N3O3. The number of para-hydroxylation sites is 1. The average Bonchev–Trinajstić information content (AvgIpc) is 2.88. The standard InChI is InChI=1S/C17H23N3O3/c1-12-10-19(11-13(2)23-12)17(22)18-15-8-9-20(16(15)21)14-6-4-3-5-7-14/h3-7,12-13,15H,8-11H2,1-2H3,(H,18,22)/t12-,13-,15-/m1/s1. The van der Waals surface area contributed by atoms with Crippen LogP contribution in [0, 0.1) is 0 Å². The Morgan fingerprint density at radius 2 is 1.83 bits per heavy atom. The number of urea groups is 1. The van der Waals surface area contributed by atoms with Crippen LogP contribution in [0.25, 0.3) is 0 Å². The Labute approximate surface area is 136 Å². The Kier molecular flexibility index (Phi) is 4.52. The van der Waals surface area contributed by atoms with Crippen molar-refractivity contribution in [2.24, 2.45) is 0 Å². The number of hydrogen-bond acceptors (Lipinski definition) is 3. The summed E-state index contributed by atoms with van der Waals surface area (Å²) in [6, 6.07) is 8.93. The van der Waals surface area contributed by atoms with Crippen molar-refractivity contribution in [2.45, 2.75) is 38.5 Å². The molecule has 1 aromatic carbocycles. The van der Waals surface area contributed by atoms with Crippen molar-refractivity contribution in [3.8, 4) is 0 Å². The van der Waals surface area contributed by atoms with Crippen molar-refractivity contribution in [3.05, 3.63) is 30.3 Å². The molecule has 6 heteroatoms. The summed E-state index contributed by atoms with van der Waals surface area (Å²) in [5.41, 5.74) is 0.878. The highest BCUT2D eigenvalue weighted by atomic mass is 16.5. The summed E-state index contributed by atoms with van der Waals surface area (Å²) in [7, 11) is 0. The van der Waals surface area contributed by atoms with E-state index < -0.39 is 6.04 Å². The number of nitrogens with zero attached hydrogens (tertiary/aromatic N) is 2. The zero-order valence-electron chi connectivity index (χ0n) is 13.6. The summed E-state index contributed by atoms with van der Waals surface area (Å²) in [5.74, 6) is -0.0427. The molecular weight excluding hydrogens is 294 g/mol. The molecule has 0 aliphatic carbocycles. The molecule has 3 amide bonds. The van der Waals surface area contributed by atoms with E-state index in [1.54, 1.807) is 9.80 Å². The lowest BCUT2D eigenvalue weighted by molar-refractivity contribution is -0.118. The van der Waals surface area contributed by atoms with Crippen LogP contribution in [0.4, 0.5) is 10.5 Å². The SMILES string of the molecule is C[C@@H]1CN(C(=O)N[C@@H]2CCN(c3ccccc3)C2=O)C[C@@H](C)O1. The minimum absolute atomic E-state index is 0.0181. The third kappa shape index (κ3) is 3.47. The van der Waals surface area contributed by atoms with Gasteiger partial charge in [0.1, 0.15) is 6.04 Å². The van der Waals surface area contributed by atoms with Crippen molar-refractivity contribution >= 4 is 17.6 Å². The number of amides is 3. The molecule has 0 radical (unpaired) electrons. The monoisotopic (exact) mass is 317 g/mol. The third-order valence-corrected chi connectivity index (χ3v) is 4.28. The third-order valence-electron chi connectivity index (χ3n) is 4.28. The minimum Gasteiger partial charge on any atom is -0.372 e. The van der Waals surface area contributed by atoms with Gasteiger partial charge in [0, 0.05) is 25.3 Å². The zero-order chi connectivity index (χ0) is 16.4. The quantitative estimate of drug-likeness (QED) is 0.901. The first-order chi connectivity index (χ1) is 11.0. The zero-order valence-corrected chi connectivity index (χ0v) is 13.6. The number of nitrogens with one attached hydrogen (secondary N) is 1. The Bertz CT molecular complexity index is 568. The lowest BCUT2D eigenvalue weighted by Gasteiger charge is -2.35. The smallest absolute Gasteiger partial charge is 0.318 e. The molecule has 3 atom stereocenters. The Hall–Kier alpha value is -2.08. The summed E-state index contributed by atoms with van der Waals surface area (Å²) in [4.78, 5) is 28.4. The van der Waals surface area contributed by atoms with Crippen LogP contribution in [0.15, 0.2) is 30.3 Å². The van der Waals surface area contributed by atoms with Gasteiger partial charge in [0.2, 0.25) is 5.91 Å². The molecule has 2 heterocycles. The summed E-state index contributed by atoms with van der Waals surface area (Å²) in [5, 5.41) is 2.88. The van der Waals surface area contributed by atoms with E-state index in [4.69, 9.17) is 4.74 Å². The number of anilines is 1. The van der Waals surface area contributed by atoms with Gasteiger partial charge in [0.15, 0.2) is 0 Å². The topological polar surface area (TPSA) is 61.9 Å². The maximum atomic E-state index is 12.5. The van der Waals surface area contributed by atoms with Gasteiger partial charge in [-0.1, -0.05) is 18.2 Å². The molecule has 1 N–H and O–H groups in total. The number of carbonyl (C=O) groups excluding carboxylic acids is 2. The molecule has 0 aromatic heterocycles. The van der Waals surface area contributed by atoms with Crippen molar-refractivity contribution in [1.82, 2.24) is 10.2 Å². The van der Waals surface area contributed by atoms with Gasteiger partial charge in [-0.25, -0.2) is 4.79 Å². The molecule has 0 spiro atoms.